The van der Waals surface area contributed by atoms with Crippen LogP contribution in [0, 0.1) is 0 Å². The second kappa shape index (κ2) is 7.38. The zero-order valence-electron chi connectivity index (χ0n) is 13.8. The summed E-state index contributed by atoms with van der Waals surface area (Å²) in [5.41, 5.74) is 2.40. The van der Waals surface area contributed by atoms with Crippen LogP contribution < -0.4 is 0 Å². The maximum Gasteiger partial charge on any atom is 0.100 e. The Morgan fingerprint density at radius 2 is 2.04 bits per heavy atom. The number of ether oxygens (including phenoxy) is 2. The summed E-state index contributed by atoms with van der Waals surface area (Å²) >= 11 is 0. The van der Waals surface area contributed by atoms with Gasteiger partial charge >= 0.3 is 0 Å². The number of hydrogen-bond donors (Lipinski definition) is 0. The monoisotopic (exact) mass is 325 g/mol. The first-order valence-electron chi connectivity index (χ1n) is 8.65. The molecular formula is C19H23N3O2. The van der Waals surface area contributed by atoms with Crippen LogP contribution in [0.4, 0.5) is 0 Å². The molecular weight excluding hydrogens is 302 g/mol. The normalized spacial score (nSPS) is 27.1. The third-order valence-corrected chi connectivity index (χ3v) is 4.91. The largest absolute Gasteiger partial charge is 0.374 e. The highest BCUT2D eigenvalue weighted by Gasteiger charge is 2.44. The number of pyridine rings is 2. The molecule has 2 saturated heterocycles. The molecule has 2 aliphatic rings. The van der Waals surface area contributed by atoms with E-state index in [2.05, 4.69) is 33.1 Å². The van der Waals surface area contributed by atoms with Gasteiger partial charge in [-0.05, 0) is 42.2 Å². The van der Waals surface area contributed by atoms with Crippen molar-refractivity contribution in [3.8, 4) is 0 Å². The first-order chi connectivity index (χ1) is 11.9. The van der Waals surface area contributed by atoms with E-state index < -0.39 is 0 Å². The molecule has 0 amide bonds. The van der Waals surface area contributed by atoms with Gasteiger partial charge in [0.05, 0.1) is 12.7 Å². The Labute approximate surface area is 142 Å². The third-order valence-electron chi connectivity index (χ3n) is 4.91. The third kappa shape index (κ3) is 3.48. The molecule has 0 unspecified atom stereocenters. The summed E-state index contributed by atoms with van der Waals surface area (Å²) in [6.45, 7) is 3.28. The number of fused-ring (bicyclic) bond motifs is 1. The first kappa shape index (κ1) is 15.7. The molecule has 0 radical (unpaired) electrons. The van der Waals surface area contributed by atoms with Gasteiger partial charge in [0.2, 0.25) is 0 Å². The summed E-state index contributed by atoms with van der Waals surface area (Å²) in [6.07, 6.45) is 9.98. The lowest BCUT2D eigenvalue weighted by atomic mass is 10.0. The smallest absolute Gasteiger partial charge is 0.100 e. The van der Waals surface area contributed by atoms with Crippen LogP contribution in [0.1, 0.15) is 24.0 Å². The Bertz CT molecular complexity index is 638. The van der Waals surface area contributed by atoms with Crippen molar-refractivity contribution < 1.29 is 9.47 Å². The fraction of sp³-hybridized carbons (Fsp3) is 0.474. The Morgan fingerprint density at radius 3 is 2.88 bits per heavy atom. The van der Waals surface area contributed by atoms with Crippen LogP contribution in [0.25, 0.3) is 0 Å². The van der Waals surface area contributed by atoms with Crippen LogP contribution in [0.2, 0.25) is 0 Å². The molecule has 4 heterocycles. The summed E-state index contributed by atoms with van der Waals surface area (Å²) in [5, 5.41) is 0. The van der Waals surface area contributed by atoms with Crippen molar-refractivity contribution in [1.82, 2.24) is 14.9 Å². The lowest BCUT2D eigenvalue weighted by molar-refractivity contribution is -0.0819. The topological polar surface area (TPSA) is 47.5 Å². The maximum atomic E-state index is 6.21. The Balaban J connectivity index is 1.43. The second-order valence-corrected chi connectivity index (χ2v) is 6.54. The van der Waals surface area contributed by atoms with Crippen molar-refractivity contribution in [3.05, 3.63) is 60.2 Å². The molecule has 5 heteroatoms. The van der Waals surface area contributed by atoms with Gasteiger partial charge in [-0.25, -0.2) is 0 Å². The maximum absolute atomic E-state index is 6.21. The molecule has 24 heavy (non-hydrogen) atoms. The van der Waals surface area contributed by atoms with Gasteiger partial charge in [-0.15, -0.1) is 0 Å². The predicted molar refractivity (Wildman–Crippen MR) is 90.2 cm³/mol. The minimum Gasteiger partial charge on any atom is -0.374 e. The molecule has 126 valence electrons. The molecule has 3 atom stereocenters. The molecule has 0 saturated carbocycles. The zero-order chi connectivity index (χ0) is 16.2. The molecule has 4 rings (SSSR count). The predicted octanol–water partition coefficient (Wildman–Crippen LogP) is 2.43. The molecule has 2 aliphatic heterocycles. The SMILES string of the molecule is c1cncc(CO[C@@H]2CN(Cc3ccncc3)[C@H]3CCCO[C@H]23)c1. The highest BCUT2D eigenvalue weighted by Crippen LogP contribution is 2.32. The van der Waals surface area contributed by atoms with E-state index in [9.17, 15) is 0 Å². The lowest BCUT2D eigenvalue weighted by Crippen LogP contribution is -2.41. The first-order valence-corrected chi connectivity index (χ1v) is 8.65. The number of likely N-dealkylation sites (tertiary alicyclic amines) is 1. The molecule has 5 nitrogen and oxygen atoms in total. The zero-order valence-corrected chi connectivity index (χ0v) is 13.8. The Morgan fingerprint density at radius 1 is 1.12 bits per heavy atom. The number of nitrogens with zero attached hydrogens (tertiary/aromatic N) is 3. The van der Waals surface area contributed by atoms with Gasteiger partial charge in [-0.3, -0.25) is 14.9 Å². The van der Waals surface area contributed by atoms with Crippen molar-refractivity contribution in [3.63, 3.8) is 0 Å². The van der Waals surface area contributed by atoms with E-state index in [0.717, 1.165) is 31.7 Å². The van der Waals surface area contributed by atoms with Crippen LogP contribution in [0.15, 0.2) is 49.1 Å². The van der Waals surface area contributed by atoms with Crippen LogP contribution >= 0.6 is 0 Å². The highest BCUT2D eigenvalue weighted by molar-refractivity contribution is 5.12. The molecule has 2 aromatic heterocycles. The summed E-state index contributed by atoms with van der Waals surface area (Å²) in [5.74, 6) is 0. The number of aromatic nitrogens is 2. The molecule has 2 aromatic rings. The number of hydrogen-bond acceptors (Lipinski definition) is 5. The molecule has 0 N–H and O–H groups in total. The van der Waals surface area contributed by atoms with Crippen molar-refractivity contribution in [2.45, 2.75) is 44.2 Å². The second-order valence-electron chi connectivity index (χ2n) is 6.54. The van der Waals surface area contributed by atoms with Gasteiger partial charge in [-0.1, -0.05) is 6.07 Å². The van der Waals surface area contributed by atoms with E-state index in [1.165, 1.54) is 12.0 Å². The van der Waals surface area contributed by atoms with Crippen LogP contribution in [0.5, 0.6) is 0 Å². The minimum atomic E-state index is 0.123. The summed E-state index contributed by atoms with van der Waals surface area (Å²) in [6, 6.07) is 8.62. The summed E-state index contributed by atoms with van der Waals surface area (Å²) in [7, 11) is 0. The fourth-order valence-corrected chi connectivity index (χ4v) is 3.74. The van der Waals surface area contributed by atoms with Gasteiger partial charge in [0, 0.05) is 50.5 Å². The minimum absolute atomic E-state index is 0.123. The fourth-order valence-electron chi connectivity index (χ4n) is 3.74. The molecule has 0 bridgehead atoms. The van der Waals surface area contributed by atoms with Crippen LogP contribution in [-0.2, 0) is 22.6 Å². The van der Waals surface area contributed by atoms with Gasteiger partial charge in [0.1, 0.15) is 6.10 Å². The summed E-state index contributed by atoms with van der Waals surface area (Å²) < 4.78 is 12.3. The average Bonchev–Trinajstić information content (AvgIpc) is 3.00. The van der Waals surface area contributed by atoms with Crippen LogP contribution in [-0.4, -0.2) is 46.3 Å². The average molecular weight is 325 g/mol. The molecule has 2 fully saturated rings. The van der Waals surface area contributed by atoms with Crippen molar-refractivity contribution >= 4 is 0 Å². The summed E-state index contributed by atoms with van der Waals surface area (Å²) in [4.78, 5) is 10.8. The Kier molecular flexibility index (Phi) is 4.83. The van der Waals surface area contributed by atoms with Gasteiger partial charge < -0.3 is 9.47 Å². The van der Waals surface area contributed by atoms with E-state index >= 15 is 0 Å². The Hall–Kier alpha value is -1.82. The van der Waals surface area contributed by atoms with Crippen molar-refractivity contribution in [2.75, 3.05) is 13.2 Å². The van der Waals surface area contributed by atoms with Gasteiger partial charge in [-0.2, -0.15) is 0 Å². The molecule has 0 aliphatic carbocycles. The standard InChI is InChI=1S/C19H23N3O2/c1-3-16(11-21-7-1)14-24-18-13-22(12-15-5-8-20-9-6-15)17-4-2-10-23-19(17)18/h1,3,5-9,11,17-19H,2,4,10,12-14H2/t17-,18+,19-/m0/s1. The van der Waals surface area contributed by atoms with Gasteiger partial charge in [0.25, 0.3) is 0 Å². The van der Waals surface area contributed by atoms with Crippen LogP contribution in [0.3, 0.4) is 0 Å². The van der Waals surface area contributed by atoms with Crippen molar-refractivity contribution in [1.29, 1.82) is 0 Å². The molecule has 0 aromatic carbocycles. The molecule has 0 spiro atoms. The van der Waals surface area contributed by atoms with E-state index in [1.807, 2.05) is 24.7 Å². The van der Waals surface area contributed by atoms with E-state index in [4.69, 9.17) is 9.47 Å². The van der Waals surface area contributed by atoms with E-state index in [1.54, 1.807) is 6.20 Å². The lowest BCUT2D eigenvalue weighted by Gasteiger charge is -2.32. The van der Waals surface area contributed by atoms with Gasteiger partial charge in [0.15, 0.2) is 0 Å². The number of rotatable bonds is 5. The van der Waals surface area contributed by atoms with E-state index in [0.29, 0.717) is 12.6 Å². The highest BCUT2D eigenvalue weighted by atomic mass is 16.5. The van der Waals surface area contributed by atoms with Crippen molar-refractivity contribution in [2.24, 2.45) is 0 Å². The quantitative estimate of drug-likeness (QED) is 0.845. The van der Waals surface area contributed by atoms with E-state index in [-0.39, 0.29) is 12.2 Å².